The number of nitrogens with zero attached hydrogens (tertiary/aromatic N) is 1. The van der Waals surface area contributed by atoms with Crippen LogP contribution in [-0.2, 0) is 76.1 Å². The topological polar surface area (TPSA) is 509 Å². The van der Waals surface area contributed by atoms with Gasteiger partial charge in [-0.05, 0) is 43.0 Å². The average molecular weight is 1290 g/mol. The van der Waals surface area contributed by atoms with Gasteiger partial charge in [-0.3, -0.25) is 29.5 Å². The smallest absolute Gasteiger partial charge is 0.335 e. The Bertz CT molecular complexity index is 2780. The number of aliphatic carboxylic acids is 2. The predicted octanol–water partition coefficient (Wildman–Crippen LogP) is -6.84. The Morgan fingerprint density at radius 3 is 1.58 bits per heavy atom. The Labute approximate surface area is 508 Å². The van der Waals surface area contributed by atoms with E-state index in [2.05, 4.69) is 21.5 Å². The van der Waals surface area contributed by atoms with Gasteiger partial charge in [0.2, 0.25) is 17.7 Å². The highest BCUT2D eigenvalue weighted by Gasteiger charge is 2.59. The average Bonchev–Trinajstić information content (AvgIpc) is 1.53. The number of anilines is 2. The first-order valence-electron chi connectivity index (χ1n) is 27.4. The van der Waals surface area contributed by atoms with Gasteiger partial charge in [-0.15, -0.1) is 11.8 Å². The van der Waals surface area contributed by atoms with Crippen LogP contribution in [0.5, 0.6) is 0 Å². The van der Waals surface area contributed by atoms with Crippen molar-refractivity contribution in [3.05, 3.63) is 42.5 Å². The number of methoxy groups -OCH3 is 1. The van der Waals surface area contributed by atoms with Gasteiger partial charge in [0.1, 0.15) is 104 Å². The van der Waals surface area contributed by atoms with Crippen molar-refractivity contribution >= 4 is 70.5 Å². The number of rotatable bonds is 22. The largest absolute Gasteiger partial charge is 0.479 e. The highest BCUT2D eigenvalue weighted by molar-refractivity contribution is 8.00. The molecule has 25 atom stereocenters. The van der Waals surface area contributed by atoms with Crippen LogP contribution >= 0.6 is 23.5 Å². The Balaban J connectivity index is 0.932. The molecule has 34 nitrogen and oxygen atoms in total. The summed E-state index contributed by atoms with van der Waals surface area (Å²) in [6.07, 6.45) is -45.7. The van der Waals surface area contributed by atoms with Crippen molar-refractivity contribution in [1.82, 2.24) is 21.5 Å². The molecule has 2 aromatic carbocycles. The van der Waals surface area contributed by atoms with Gasteiger partial charge in [0, 0.05) is 48.6 Å². The zero-order valence-corrected chi connectivity index (χ0v) is 48.8. The lowest BCUT2D eigenvalue weighted by Crippen LogP contribution is -2.71. The number of nitrogens with one attached hydrogen (secondary N) is 4. The highest BCUT2D eigenvalue weighted by Crippen LogP contribution is 2.49. The van der Waals surface area contributed by atoms with E-state index in [9.17, 15) is 95.2 Å². The van der Waals surface area contributed by atoms with Crippen molar-refractivity contribution in [1.29, 1.82) is 0 Å². The number of hydrogen-bond donors (Lipinski definition) is 17. The molecule has 10 unspecified atom stereocenters. The van der Waals surface area contributed by atoms with E-state index in [0.29, 0.717) is 5.69 Å². The first-order chi connectivity index (χ1) is 41.8. The number of para-hydroxylation sites is 1. The molecule has 0 aliphatic carbocycles. The van der Waals surface area contributed by atoms with E-state index in [1.165, 1.54) is 23.5 Å². The van der Waals surface area contributed by atoms with Crippen molar-refractivity contribution in [2.75, 3.05) is 38.0 Å². The summed E-state index contributed by atoms with van der Waals surface area (Å²) in [7, 11) is 1.11. The molecule has 0 aromatic heterocycles. The zero-order valence-electron chi connectivity index (χ0n) is 47.1. The van der Waals surface area contributed by atoms with Gasteiger partial charge in [-0.2, -0.15) is 0 Å². The minimum absolute atomic E-state index is 0.0141. The molecule has 6 aliphatic rings. The zero-order chi connectivity index (χ0) is 64.2. The summed E-state index contributed by atoms with van der Waals surface area (Å²) in [5, 5.41) is 146. The summed E-state index contributed by atoms with van der Waals surface area (Å²) in [6.45, 7) is -0.243. The maximum absolute atomic E-state index is 13.9. The molecule has 4 amide bonds. The molecular weight excluding hydrogens is 1220 g/mol. The van der Waals surface area contributed by atoms with E-state index in [1.807, 2.05) is 48.7 Å². The van der Waals surface area contributed by atoms with Crippen LogP contribution in [0, 0.1) is 0 Å². The summed E-state index contributed by atoms with van der Waals surface area (Å²) in [5.41, 5.74) is 6.55. The molecule has 490 valence electrons. The van der Waals surface area contributed by atoms with Gasteiger partial charge in [0.15, 0.2) is 49.8 Å². The molecule has 0 spiro atoms. The number of benzene rings is 2. The normalized spacial score (nSPS) is 38.2. The third-order valence-electron chi connectivity index (χ3n) is 15.1. The van der Waals surface area contributed by atoms with Crippen molar-refractivity contribution in [2.45, 2.75) is 195 Å². The molecule has 36 heteroatoms. The third kappa shape index (κ3) is 14.9. The van der Waals surface area contributed by atoms with Crippen LogP contribution < -0.4 is 26.4 Å². The van der Waals surface area contributed by atoms with E-state index in [-0.39, 0.29) is 25.3 Å². The summed E-state index contributed by atoms with van der Waals surface area (Å²) in [6, 6.07) is 9.60. The number of carbonyl (C=O) groups excluding carboxylic acids is 4. The molecule has 5 saturated heterocycles. The molecule has 2 aromatic rings. The van der Waals surface area contributed by atoms with Gasteiger partial charge < -0.3 is 124 Å². The summed E-state index contributed by atoms with van der Waals surface area (Å²) < 4.78 is 56.5. The lowest BCUT2D eigenvalue weighted by atomic mass is 9.93. The fraction of sp³-hybridized carbons (Fsp3) is 0.654. The maximum atomic E-state index is 13.9. The number of carbonyl (C=O) groups is 6. The number of aliphatic hydroxyl groups is 11. The molecule has 5 fully saturated rings. The first kappa shape index (κ1) is 69.0. The number of hydrazine groups is 1. The second-order valence-electron chi connectivity index (χ2n) is 21.1. The first-order valence-corrected chi connectivity index (χ1v) is 29.4. The van der Waals surface area contributed by atoms with Crippen LogP contribution in [0.1, 0.15) is 26.7 Å². The van der Waals surface area contributed by atoms with Crippen LogP contribution in [0.25, 0.3) is 0 Å². The fourth-order valence-electron chi connectivity index (χ4n) is 10.7. The quantitative estimate of drug-likeness (QED) is 0.0296. The summed E-state index contributed by atoms with van der Waals surface area (Å²) in [4.78, 5) is 82.0. The summed E-state index contributed by atoms with van der Waals surface area (Å²) >= 11 is 3.06. The van der Waals surface area contributed by atoms with Crippen LogP contribution in [0.4, 0.5) is 11.4 Å². The van der Waals surface area contributed by atoms with Crippen molar-refractivity contribution in [3.8, 4) is 0 Å². The monoisotopic (exact) mass is 1290 g/mol. The minimum atomic E-state index is -2.41. The van der Waals surface area contributed by atoms with Crippen molar-refractivity contribution in [3.63, 3.8) is 0 Å². The number of ether oxygens (including phenoxy) is 10. The Morgan fingerprint density at radius 2 is 1.06 bits per heavy atom. The number of carboxylic acid groups (broad SMARTS) is 2. The molecule has 88 heavy (non-hydrogen) atoms. The molecule has 0 radical (unpaired) electrons. The van der Waals surface area contributed by atoms with Crippen LogP contribution in [0.2, 0.25) is 0 Å². The Hall–Kier alpha value is -4.92. The number of carboxylic acids is 2. The number of amides is 4. The Kier molecular flexibility index (Phi) is 23.5. The number of aliphatic hydroxyl groups excluding tert-OH is 11. The van der Waals surface area contributed by atoms with E-state index in [1.54, 1.807) is 4.90 Å². The van der Waals surface area contributed by atoms with Crippen LogP contribution in [-0.4, -0.2) is 288 Å². The van der Waals surface area contributed by atoms with Gasteiger partial charge in [-0.1, -0.05) is 23.9 Å². The maximum Gasteiger partial charge on any atom is 0.335 e. The Morgan fingerprint density at radius 1 is 0.568 bits per heavy atom. The second kappa shape index (κ2) is 30.0. The third-order valence-corrected chi connectivity index (χ3v) is 17.0. The van der Waals surface area contributed by atoms with Gasteiger partial charge in [-0.25, -0.2) is 15.0 Å². The van der Waals surface area contributed by atoms with Gasteiger partial charge in [0.05, 0.1) is 24.6 Å². The number of thioether (sulfide) groups is 1. The molecule has 17 N–H and O–H groups in total. The molecule has 8 rings (SSSR count). The van der Waals surface area contributed by atoms with E-state index < -0.39 is 196 Å². The molecule has 0 saturated carbocycles. The number of hydrogen-bond acceptors (Lipinski definition) is 30. The van der Waals surface area contributed by atoms with Crippen LogP contribution in [0.3, 0.4) is 0 Å². The van der Waals surface area contributed by atoms with Crippen LogP contribution in [0.15, 0.2) is 57.2 Å². The van der Waals surface area contributed by atoms with Gasteiger partial charge >= 0.3 is 11.9 Å². The summed E-state index contributed by atoms with van der Waals surface area (Å²) in [5.74, 6) is -6.76. The SMILES string of the molecule is CO[C@@H]1OC(C(=O)NNCCCC(=O)N2c3ccccc3Sc3ccc(SC)cc32)[C@@H](O[C@@H]2OC(CO)[C@H](O[C@@H]3OC(C(=O)O)[C@@H](O[C@@H]4OC(CO)[C@H](O[C@@H]5OC(C(=O)O)[C@@H](O)[C@@H](O)C5O)[C@@H](O)C4NC(C)=O)[C@@H](O)C3O)[C@@H](O)C2NC(C)=O)[C@@H](O)C1O. The fourth-order valence-corrected chi connectivity index (χ4v) is 12.2. The predicted molar refractivity (Wildman–Crippen MR) is 290 cm³/mol. The van der Waals surface area contributed by atoms with Crippen molar-refractivity contribution in [2.24, 2.45) is 0 Å². The lowest BCUT2D eigenvalue weighted by molar-refractivity contribution is -0.375. The van der Waals surface area contributed by atoms with Crippen molar-refractivity contribution < 1.29 is 143 Å². The molecule has 6 aliphatic heterocycles. The number of fused-ring (bicyclic) bond motifs is 2. The standard InChI is InChI=1S/C52H71N5O29S2/c1-17(60)54-27-29(63)39(81-52-37(71)34(68)41(44(86-52)47(75)76)83-49-28(55-18(2)61)30(64)38(22(15-58)79-49)80-51-35(69)31(65)32(66)42(84-51)46(73)74)23(16-59)78-48(27)82-40-33(67)36(70)50(77-3)85-43(40)45(72)56-53-13-7-10-26(62)57-20-8-5-6-9-24(20)88-25-12-11-19(87-4)14-21(25)57/h5-6,8-9,11-12,14,22-23,27-44,48-53,58-59,63-71H,7,10,13,15-16H2,1-4H3,(H,54,60)(H,55,61)(H,56,72)(H,73,74)(H,75,76)/t22?,23?,27?,28?,29-,30-,31+,32-,33-,34-,35?,36?,37?,38-,39-,40-,41-,42?,43?,44?,48-,49-,50+,51+,52+/m0/s1. The highest BCUT2D eigenvalue weighted by atomic mass is 32.2. The molecular formula is C52H71N5O29S2. The second-order valence-corrected chi connectivity index (χ2v) is 23.0. The van der Waals surface area contributed by atoms with Gasteiger partial charge in [0.25, 0.3) is 5.91 Å². The van der Waals surface area contributed by atoms with E-state index in [4.69, 9.17) is 47.4 Å². The lowest BCUT2D eigenvalue weighted by Gasteiger charge is -2.50. The van der Waals surface area contributed by atoms with E-state index >= 15 is 0 Å². The minimum Gasteiger partial charge on any atom is -0.479 e. The molecule has 6 heterocycles. The molecule has 0 bridgehead atoms. The van der Waals surface area contributed by atoms with E-state index in [0.717, 1.165) is 41.3 Å².